The first-order chi connectivity index (χ1) is 14.6. The average Bonchev–Trinajstić information content (AvgIpc) is 3.34. The number of hydrogen-bond donors (Lipinski definition) is 2. The molecule has 1 unspecified atom stereocenters. The molecule has 0 saturated heterocycles. The second kappa shape index (κ2) is 6.74. The standard InChI is InChI=1S/C22H17N5O3/c1-11-14-8-12(4-6-15(14)27-26-11)18-19-17(10-30-22(19)28)25-20(21(18)23-2)16-7-5-13(29-3)9-24-16/h4-9,18,25H,10H2,1,3H3,(H,26,27). The van der Waals surface area contributed by atoms with E-state index in [1.165, 1.54) is 0 Å². The molecule has 0 amide bonds. The van der Waals surface area contributed by atoms with Crippen LogP contribution in [0.1, 0.15) is 22.9 Å². The maximum atomic E-state index is 12.6. The number of fused-ring (bicyclic) bond motifs is 1. The Hall–Kier alpha value is -4.12. The van der Waals surface area contributed by atoms with Crippen LogP contribution >= 0.6 is 0 Å². The highest BCUT2D eigenvalue weighted by Crippen LogP contribution is 2.44. The van der Waals surface area contributed by atoms with E-state index in [0.717, 1.165) is 22.2 Å². The third kappa shape index (κ3) is 2.63. The number of carbonyl (C=O) groups excluding carboxylic acids is 1. The van der Waals surface area contributed by atoms with Crippen LogP contribution in [0.2, 0.25) is 0 Å². The third-order valence-electron chi connectivity index (χ3n) is 5.45. The molecule has 0 bridgehead atoms. The van der Waals surface area contributed by atoms with Gasteiger partial charge in [-0.05, 0) is 36.8 Å². The van der Waals surface area contributed by atoms with Crippen molar-refractivity contribution in [2.45, 2.75) is 12.8 Å². The summed E-state index contributed by atoms with van der Waals surface area (Å²) in [6.07, 6.45) is 1.60. The maximum Gasteiger partial charge on any atom is 0.335 e. The number of carbonyl (C=O) groups is 1. The molecule has 0 fully saturated rings. The Labute approximate surface area is 172 Å². The van der Waals surface area contributed by atoms with Crippen LogP contribution in [0.5, 0.6) is 5.75 Å². The fourth-order valence-electron chi connectivity index (χ4n) is 3.94. The number of nitrogens with one attached hydrogen (secondary N) is 2. The number of aromatic nitrogens is 3. The van der Waals surface area contributed by atoms with Crippen LogP contribution in [-0.2, 0) is 9.53 Å². The Morgan fingerprint density at radius 1 is 1.30 bits per heavy atom. The zero-order chi connectivity index (χ0) is 20.8. The molecule has 1 aromatic carbocycles. The summed E-state index contributed by atoms with van der Waals surface area (Å²) in [6, 6.07) is 9.38. The number of dihydropyridines is 1. The van der Waals surface area contributed by atoms with Crippen molar-refractivity contribution in [3.63, 3.8) is 0 Å². The highest BCUT2D eigenvalue weighted by Gasteiger charge is 2.41. The molecule has 148 valence electrons. The first kappa shape index (κ1) is 17.9. The van der Waals surface area contributed by atoms with Gasteiger partial charge in [0.25, 0.3) is 0 Å². The first-order valence-electron chi connectivity index (χ1n) is 9.34. The van der Waals surface area contributed by atoms with Gasteiger partial charge < -0.3 is 14.8 Å². The number of aryl methyl sites for hydroxylation is 1. The summed E-state index contributed by atoms with van der Waals surface area (Å²) >= 11 is 0. The summed E-state index contributed by atoms with van der Waals surface area (Å²) in [5.74, 6) is -0.336. The lowest BCUT2D eigenvalue weighted by Crippen LogP contribution is -2.26. The average molecular weight is 399 g/mol. The largest absolute Gasteiger partial charge is 0.495 e. The fourth-order valence-corrected chi connectivity index (χ4v) is 3.94. The molecule has 5 rings (SSSR count). The molecule has 2 aliphatic heterocycles. The molecule has 1 atom stereocenters. The zero-order valence-corrected chi connectivity index (χ0v) is 16.3. The van der Waals surface area contributed by atoms with Gasteiger partial charge in [0.05, 0.1) is 59.7 Å². The Balaban J connectivity index is 1.71. The van der Waals surface area contributed by atoms with Crippen LogP contribution in [0.3, 0.4) is 0 Å². The summed E-state index contributed by atoms with van der Waals surface area (Å²) in [5.41, 5.74) is 5.28. The second-order valence-corrected chi connectivity index (χ2v) is 7.10. The summed E-state index contributed by atoms with van der Waals surface area (Å²) in [5, 5.41) is 11.4. The predicted octanol–water partition coefficient (Wildman–Crippen LogP) is 3.06. The fraction of sp³-hybridized carbons (Fsp3) is 0.182. The normalized spacial score (nSPS) is 18.2. The molecule has 8 nitrogen and oxygen atoms in total. The van der Waals surface area contributed by atoms with Gasteiger partial charge in [0.15, 0.2) is 0 Å². The van der Waals surface area contributed by atoms with Crippen molar-refractivity contribution in [3.8, 4) is 5.75 Å². The SMILES string of the molecule is [C-]#[N+]C1=C(c2ccc(OC)cn2)NC2=C(C(=O)OC2)C1c1ccc2[nH]nc(C)c2c1. The molecule has 4 heterocycles. The molecule has 2 N–H and O–H groups in total. The van der Waals surface area contributed by atoms with E-state index in [0.29, 0.717) is 34.1 Å². The number of benzene rings is 1. The van der Waals surface area contributed by atoms with Gasteiger partial charge in [0.1, 0.15) is 12.4 Å². The molecule has 2 aliphatic rings. The van der Waals surface area contributed by atoms with Gasteiger partial charge in [0.2, 0.25) is 5.70 Å². The lowest BCUT2D eigenvalue weighted by Gasteiger charge is -2.26. The third-order valence-corrected chi connectivity index (χ3v) is 5.45. The van der Waals surface area contributed by atoms with Gasteiger partial charge in [0, 0.05) is 5.39 Å². The predicted molar refractivity (Wildman–Crippen MR) is 109 cm³/mol. The van der Waals surface area contributed by atoms with E-state index in [9.17, 15) is 4.79 Å². The van der Waals surface area contributed by atoms with Crippen molar-refractivity contribution < 1.29 is 14.3 Å². The van der Waals surface area contributed by atoms with Crippen molar-refractivity contribution in [1.29, 1.82) is 0 Å². The lowest BCUT2D eigenvalue weighted by atomic mass is 9.83. The van der Waals surface area contributed by atoms with Crippen LogP contribution < -0.4 is 10.1 Å². The van der Waals surface area contributed by atoms with Crippen LogP contribution in [-0.4, -0.2) is 34.9 Å². The highest BCUT2D eigenvalue weighted by atomic mass is 16.5. The van der Waals surface area contributed by atoms with Crippen molar-refractivity contribution in [2.24, 2.45) is 0 Å². The van der Waals surface area contributed by atoms with Gasteiger partial charge in [-0.2, -0.15) is 5.10 Å². The Morgan fingerprint density at radius 3 is 2.90 bits per heavy atom. The van der Waals surface area contributed by atoms with E-state index in [4.69, 9.17) is 16.0 Å². The minimum atomic E-state index is -0.550. The van der Waals surface area contributed by atoms with Crippen LogP contribution in [0.4, 0.5) is 0 Å². The number of allylic oxidation sites excluding steroid dienone is 1. The lowest BCUT2D eigenvalue weighted by molar-refractivity contribution is -0.136. The molecule has 0 saturated carbocycles. The molecule has 30 heavy (non-hydrogen) atoms. The Morgan fingerprint density at radius 2 is 2.17 bits per heavy atom. The number of cyclic esters (lactones) is 1. The number of H-pyrrole nitrogens is 1. The highest BCUT2D eigenvalue weighted by molar-refractivity contribution is 5.97. The van der Waals surface area contributed by atoms with Crippen LogP contribution in [0.25, 0.3) is 21.4 Å². The number of nitrogens with zero attached hydrogens (tertiary/aromatic N) is 3. The van der Waals surface area contributed by atoms with E-state index in [2.05, 4.69) is 25.3 Å². The molecule has 0 radical (unpaired) electrons. The van der Waals surface area contributed by atoms with Crippen molar-refractivity contribution >= 4 is 22.6 Å². The monoisotopic (exact) mass is 399 g/mol. The van der Waals surface area contributed by atoms with Gasteiger partial charge in [-0.3, -0.25) is 10.1 Å². The summed E-state index contributed by atoms with van der Waals surface area (Å²) in [4.78, 5) is 20.8. The molecule has 3 aromatic rings. The number of hydrogen-bond acceptors (Lipinski definition) is 6. The zero-order valence-electron chi connectivity index (χ0n) is 16.3. The van der Waals surface area contributed by atoms with E-state index < -0.39 is 11.9 Å². The minimum Gasteiger partial charge on any atom is -0.495 e. The maximum absolute atomic E-state index is 12.6. The molecule has 0 aliphatic carbocycles. The van der Waals surface area contributed by atoms with E-state index in [1.807, 2.05) is 25.1 Å². The Bertz CT molecular complexity index is 1290. The smallest absolute Gasteiger partial charge is 0.335 e. The first-order valence-corrected chi connectivity index (χ1v) is 9.34. The number of esters is 1. The van der Waals surface area contributed by atoms with Gasteiger partial charge in [-0.1, -0.05) is 6.07 Å². The van der Waals surface area contributed by atoms with E-state index >= 15 is 0 Å². The number of aromatic amines is 1. The van der Waals surface area contributed by atoms with Crippen LogP contribution in [0, 0.1) is 13.5 Å². The molecular formula is C22H17N5O3. The van der Waals surface area contributed by atoms with Crippen molar-refractivity contribution in [2.75, 3.05) is 13.7 Å². The van der Waals surface area contributed by atoms with Crippen LogP contribution in [0.15, 0.2) is 53.5 Å². The summed E-state index contributed by atoms with van der Waals surface area (Å²) < 4.78 is 10.5. The summed E-state index contributed by atoms with van der Waals surface area (Å²) in [6.45, 7) is 9.96. The molecule has 2 aromatic heterocycles. The van der Waals surface area contributed by atoms with Gasteiger partial charge >= 0.3 is 5.97 Å². The van der Waals surface area contributed by atoms with Crippen molar-refractivity contribution in [1.82, 2.24) is 20.5 Å². The van der Waals surface area contributed by atoms with E-state index in [-0.39, 0.29) is 6.61 Å². The van der Waals surface area contributed by atoms with Gasteiger partial charge in [-0.25, -0.2) is 9.64 Å². The second-order valence-electron chi connectivity index (χ2n) is 7.10. The number of pyridine rings is 1. The summed E-state index contributed by atoms with van der Waals surface area (Å²) in [7, 11) is 1.57. The number of rotatable bonds is 3. The Kier molecular flexibility index (Phi) is 4.03. The molecule has 0 spiro atoms. The molecular weight excluding hydrogens is 382 g/mol. The quantitative estimate of drug-likeness (QED) is 0.519. The minimum absolute atomic E-state index is 0.141. The van der Waals surface area contributed by atoms with E-state index in [1.54, 1.807) is 25.4 Å². The van der Waals surface area contributed by atoms with Crippen molar-refractivity contribution in [3.05, 3.63) is 81.9 Å². The molecule has 8 heteroatoms. The number of ether oxygens (including phenoxy) is 2. The van der Waals surface area contributed by atoms with Gasteiger partial charge in [-0.15, -0.1) is 0 Å². The topological polar surface area (TPSA) is 93.5 Å². The number of methoxy groups -OCH3 is 1.